The molecule has 0 radical (unpaired) electrons. The summed E-state index contributed by atoms with van der Waals surface area (Å²) in [5, 5.41) is 15.0. The molecule has 1 aromatic carbocycles. The average molecular weight is 308 g/mol. The quantitative estimate of drug-likeness (QED) is 0.878. The Hall–Kier alpha value is -1.54. The zero-order chi connectivity index (χ0) is 13.0. The molecule has 1 amide bonds. The van der Waals surface area contributed by atoms with Crippen molar-refractivity contribution in [3.63, 3.8) is 0 Å². The van der Waals surface area contributed by atoms with Crippen molar-refractivity contribution in [2.24, 2.45) is 0 Å². The number of nitrogens with zero attached hydrogens (tertiary/aromatic N) is 1. The monoisotopic (exact) mass is 307 g/mol. The van der Waals surface area contributed by atoms with Crippen molar-refractivity contribution in [1.29, 1.82) is 5.26 Å². The predicted molar refractivity (Wildman–Crippen MR) is 73.1 cm³/mol. The highest BCUT2D eigenvalue weighted by molar-refractivity contribution is 9.10. The lowest BCUT2D eigenvalue weighted by molar-refractivity contribution is -0.120. The van der Waals surface area contributed by atoms with E-state index in [-0.39, 0.29) is 5.91 Å². The normalized spacial score (nSPS) is 13.8. The number of nitrogens with one attached hydrogen (secondary N) is 2. The van der Waals surface area contributed by atoms with Crippen molar-refractivity contribution in [2.45, 2.75) is 25.3 Å². The molecule has 1 fully saturated rings. The number of halogens is 1. The van der Waals surface area contributed by atoms with Gasteiger partial charge in [-0.3, -0.25) is 4.79 Å². The highest BCUT2D eigenvalue weighted by atomic mass is 79.9. The second-order valence-electron chi connectivity index (χ2n) is 4.32. The van der Waals surface area contributed by atoms with E-state index in [2.05, 4.69) is 32.6 Å². The lowest BCUT2D eigenvalue weighted by Gasteiger charge is -2.08. The molecule has 0 unspecified atom stereocenters. The molecule has 0 aromatic heterocycles. The van der Waals surface area contributed by atoms with Gasteiger partial charge in [-0.25, -0.2) is 0 Å². The molecule has 2 rings (SSSR count). The maximum Gasteiger partial charge on any atom is 0.221 e. The van der Waals surface area contributed by atoms with Gasteiger partial charge in [0.25, 0.3) is 0 Å². The lowest BCUT2D eigenvalue weighted by atomic mass is 10.2. The van der Waals surface area contributed by atoms with Crippen LogP contribution in [0.3, 0.4) is 0 Å². The molecule has 1 aromatic rings. The molecule has 18 heavy (non-hydrogen) atoms. The number of carbonyl (C=O) groups is 1. The Morgan fingerprint density at radius 3 is 2.94 bits per heavy atom. The summed E-state index contributed by atoms with van der Waals surface area (Å²) in [5.74, 6) is 0.0700. The van der Waals surface area contributed by atoms with Gasteiger partial charge in [-0.2, -0.15) is 5.26 Å². The summed E-state index contributed by atoms with van der Waals surface area (Å²) in [5.41, 5.74) is 1.34. The Kier molecular flexibility index (Phi) is 4.21. The fraction of sp³-hybridized carbons (Fsp3) is 0.385. The van der Waals surface area contributed by atoms with Gasteiger partial charge in [-0.1, -0.05) is 15.9 Å². The minimum Gasteiger partial charge on any atom is -0.383 e. The van der Waals surface area contributed by atoms with Crippen molar-refractivity contribution in [2.75, 3.05) is 11.9 Å². The molecule has 0 spiro atoms. The summed E-state index contributed by atoms with van der Waals surface area (Å²) in [6, 6.07) is 7.99. The molecule has 0 bridgehead atoms. The third-order valence-electron chi connectivity index (χ3n) is 2.71. The predicted octanol–water partition coefficient (Wildman–Crippen LogP) is 2.40. The number of carbonyl (C=O) groups excluding carboxylic acids is 1. The second kappa shape index (κ2) is 5.87. The Morgan fingerprint density at radius 2 is 2.28 bits per heavy atom. The van der Waals surface area contributed by atoms with Crippen LogP contribution < -0.4 is 10.6 Å². The Labute approximate surface area is 115 Å². The van der Waals surface area contributed by atoms with Crippen LogP contribution in [0.25, 0.3) is 0 Å². The average Bonchev–Trinajstić information content (AvgIpc) is 3.14. The van der Waals surface area contributed by atoms with Crippen LogP contribution in [0.5, 0.6) is 0 Å². The van der Waals surface area contributed by atoms with Crippen LogP contribution >= 0.6 is 15.9 Å². The molecule has 0 atom stereocenters. The van der Waals surface area contributed by atoms with Crippen molar-refractivity contribution >= 4 is 27.5 Å². The van der Waals surface area contributed by atoms with E-state index in [1.54, 1.807) is 6.07 Å². The molecular formula is C13H14BrN3O. The molecule has 1 aliphatic carbocycles. The molecule has 94 valence electrons. The first-order valence-electron chi connectivity index (χ1n) is 5.92. The SMILES string of the molecule is N#Cc1cc(Br)ccc1NCCC(=O)NC1CC1. The number of anilines is 1. The van der Waals surface area contributed by atoms with Gasteiger partial charge in [0, 0.05) is 23.5 Å². The van der Waals surface area contributed by atoms with Gasteiger partial charge in [-0.15, -0.1) is 0 Å². The second-order valence-corrected chi connectivity index (χ2v) is 5.24. The summed E-state index contributed by atoms with van der Waals surface area (Å²) in [6.45, 7) is 0.537. The molecule has 4 nitrogen and oxygen atoms in total. The van der Waals surface area contributed by atoms with Gasteiger partial charge >= 0.3 is 0 Å². The number of benzene rings is 1. The van der Waals surface area contributed by atoms with Gasteiger partial charge in [0.1, 0.15) is 6.07 Å². The molecule has 1 saturated carbocycles. The largest absolute Gasteiger partial charge is 0.383 e. The summed E-state index contributed by atoms with van der Waals surface area (Å²) < 4.78 is 0.871. The van der Waals surface area contributed by atoms with E-state index in [1.807, 2.05) is 12.1 Å². The van der Waals surface area contributed by atoms with Crippen LogP contribution in [-0.2, 0) is 4.79 Å². The molecule has 2 N–H and O–H groups in total. The maximum atomic E-state index is 11.5. The number of hydrogen-bond acceptors (Lipinski definition) is 3. The number of hydrogen-bond donors (Lipinski definition) is 2. The minimum atomic E-state index is 0.0700. The highest BCUT2D eigenvalue weighted by Crippen LogP contribution is 2.20. The van der Waals surface area contributed by atoms with Gasteiger partial charge in [-0.05, 0) is 31.0 Å². The zero-order valence-corrected chi connectivity index (χ0v) is 11.5. The van der Waals surface area contributed by atoms with E-state index in [0.29, 0.717) is 24.6 Å². The van der Waals surface area contributed by atoms with E-state index in [4.69, 9.17) is 5.26 Å². The summed E-state index contributed by atoms with van der Waals surface area (Å²) in [7, 11) is 0. The van der Waals surface area contributed by atoms with Crippen molar-refractivity contribution in [3.8, 4) is 6.07 Å². The fourth-order valence-electron chi connectivity index (χ4n) is 1.60. The van der Waals surface area contributed by atoms with Crippen molar-refractivity contribution in [1.82, 2.24) is 5.32 Å². The van der Waals surface area contributed by atoms with Crippen LogP contribution in [0.2, 0.25) is 0 Å². The molecule has 0 aliphatic heterocycles. The Balaban J connectivity index is 1.82. The van der Waals surface area contributed by atoms with Crippen LogP contribution in [0.4, 0.5) is 5.69 Å². The summed E-state index contributed by atoms with van der Waals surface area (Å²) in [6.07, 6.45) is 2.63. The van der Waals surface area contributed by atoms with Gasteiger partial charge in [0.2, 0.25) is 5.91 Å². The van der Waals surface area contributed by atoms with E-state index in [1.165, 1.54) is 0 Å². The number of rotatable bonds is 5. The van der Waals surface area contributed by atoms with Crippen LogP contribution in [0, 0.1) is 11.3 Å². The van der Waals surface area contributed by atoms with E-state index in [9.17, 15) is 4.79 Å². The van der Waals surface area contributed by atoms with Gasteiger partial charge in [0.05, 0.1) is 11.3 Å². The highest BCUT2D eigenvalue weighted by Gasteiger charge is 2.22. The van der Waals surface area contributed by atoms with Crippen LogP contribution in [0.15, 0.2) is 22.7 Å². The topological polar surface area (TPSA) is 64.9 Å². The first kappa shape index (κ1) is 12.9. The number of amides is 1. The third-order valence-corrected chi connectivity index (χ3v) is 3.21. The molecule has 0 saturated heterocycles. The van der Waals surface area contributed by atoms with E-state index >= 15 is 0 Å². The lowest BCUT2D eigenvalue weighted by Crippen LogP contribution is -2.27. The zero-order valence-electron chi connectivity index (χ0n) is 9.87. The van der Waals surface area contributed by atoms with Crippen molar-refractivity contribution in [3.05, 3.63) is 28.2 Å². The van der Waals surface area contributed by atoms with Gasteiger partial charge in [0.15, 0.2) is 0 Å². The van der Waals surface area contributed by atoms with Crippen LogP contribution in [-0.4, -0.2) is 18.5 Å². The Bertz CT molecular complexity index is 491. The van der Waals surface area contributed by atoms with Gasteiger partial charge < -0.3 is 10.6 Å². The molecular weight excluding hydrogens is 294 g/mol. The molecule has 0 heterocycles. The fourth-order valence-corrected chi connectivity index (χ4v) is 1.96. The van der Waals surface area contributed by atoms with E-state index < -0.39 is 0 Å². The summed E-state index contributed by atoms with van der Waals surface area (Å²) >= 11 is 3.32. The maximum absolute atomic E-state index is 11.5. The van der Waals surface area contributed by atoms with Crippen molar-refractivity contribution < 1.29 is 4.79 Å². The molecule has 5 heteroatoms. The molecule has 1 aliphatic rings. The minimum absolute atomic E-state index is 0.0700. The standard InChI is InChI=1S/C13H14BrN3O/c14-10-1-4-12(9(7-10)8-15)16-6-5-13(18)17-11-2-3-11/h1,4,7,11,16H,2-3,5-6H2,(H,17,18). The first-order chi connectivity index (χ1) is 8.69. The van der Waals surface area contributed by atoms with Crippen LogP contribution in [0.1, 0.15) is 24.8 Å². The third kappa shape index (κ3) is 3.74. The summed E-state index contributed by atoms with van der Waals surface area (Å²) in [4.78, 5) is 11.5. The Morgan fingerprint density at radius 1 is 1.50 bits per heavy atom. The smallest absolute Gasteiger partial charge is 0.221 e. The first-order valence-corrected chi connectivity index (χ1v) is 6.71. The number of nitriles is 1. The van der Waals surface area contributed by atoms with E-state index in [0.717, 1.165) is 23.0 Å².